The zero-order valence-electron chi connectivity index (χ0n) is 30.1. The van der Waals surface area contributed by atoms with Gasteiger partial charge in [0.05, 0.1) is 17.8 Å². The fourth-order valence-corrected chi connectivity index (χ4v) is 8.09. The van der Waals surface area contributed by atoms with Crippen molar-refractivity contribution in [2.24, 2.45) is 0 Å². The minimum atomic E-state index is -0.729. The monoisotopic (exact) mass is 737 g/mol. The molecule has 14 heteroatoms. The first-order valence-electron chi connectivity index (χ1n) is 18.0. The molecule has 0 unspecified atom stereocenters. The van der Waals surface area contributed by atoms with Gasteiger partial charge in [0.15, 0.2) is 0 Å². The maximum absolute atomic E-state index is 12.9. The van der Waals surface area contributed by atoms with Crippen LogP contribution in [-0.4, -0.2) is 104 Å². The Morgan fingerprint density at radius 3 is 2.57 bits per heavy atom. The fraction of sp³-hybridized carbons (Fsp3) is 0.385. The summed E-state index contributed by atoms with van der Waals surface area (Å²) in [6.07, 6.45) is 8.10. The molecule has 0 saturated carbocycles. The lowest BCUT2D eigenvalue weighted by Gasteiger charge is -2.32. The van der Waals surface area contributed by atoms with E-state index in [1.807, 2.05) is 79.3 Å². The number of hydrogen-bond donors (Lipinski definition) is 5. The number of pyridine rings is 1. The molecule has 3 amide bonds. The molecule has 278 valence electrons. The van der Waals surface area contributed by atoms with E-state index in [4.69, 9.17) is 5.11 Å². The number of carboxylic acid groups (broad SMARTS) is 1. The Morgan fingerprint density at radius 1 is 1.00 bits per heavy atom. The zero-order chi connectivity index (χ0) is 37.2. The van der Waals surface area contributed by atoms with Gasteiger partial charge in [0, 0.05) is 91.2 Å². The first-order chi connectivity index (χ1) is 25.7. The number of likely N-dealkylation sites (N-methyl/N-ethyl adjacent to an activating group) is 1. The number of rotatable bonds is 12. The number of carbonyl (C=O) groups is 3. The lowest BCUT2D eigenvalue weighted by molar-refractivity contribution is -0.137. The van der Waals surface area contributed by atoms with E-state index >= 15 is 0 Å². The van der Waals surface area contributed by atoms with E-state index in [2.05, 4.69) is 53.1 Å². The van der Waals surface area contributed by atoms with E-state index in [1.54, 1.807) is 18.6 Å². The quantitative estimate of drug-likeness (QED) is 0.0936. The Morgan fingerprint density at radius 2 is 1.81 bits per heavy atom. The molecule has 7 rings (SSSR count). The molecule has 2 aromatic heterocycles. The standard InChI is InChI=1S/C29H31N7O.C10H16N2O3S/c1-21-5-10-25(18-27(21)34-29-31-13-11-26(33-29)24-4-3-12-30-19-24)32-28(37)23-8-6-22(7-9-23)20-36-16-14-35(2)15-17-36;13-8(14)4-2-1-3-7-9-6(5-16-7)11-10(15)12-9/h3-13,18-19H,14-17,20H2,1-2H3,(H,32,37)(H,31,33,34);6-7,9H,1-5H2,(H,13,14)(H2,11,12,15)/t;6-,7-,9-/m.0/s1. The van der Waals surface area contributed by atoms with Crippen LogP contribution in [0.1, 0.15) is 47.2 Å². The predicted molar refractivity (Wildman–Crippen MR) is 208 cm³/mol. The van der Waals surface area contributed by atoms with Gasteiger partial charge in [0.1, 0.15) is 0 Å². The van der Waals surface area contributed by atoms with E-state index in [1.165, 1.54) is 5.56 Å². The van der Waals surface area contributed by atoms with Gasteiger partial charge in [-0.25, -0.2) is 14.8 Å². The SMILES string of the molecule is Cc1ccc(NC(=O)c2ccc(CN3CCN(C)CC3)cc2)cc1Nc1nccc(-c2cccnc2)n1.O=C(O)CCCC[C@@H]1SC[C@@H]2NC(=O)N[C@@H]21. The second-order valence-electron chi connectivity index (χ2n) is 13.7. The topological polar surface area (TPSA) is 165 Å². The number of nitrogens with one attached hydrogen (secondary N) is 4. The number of benzene rings is 2. The lowest BCUT2D eigenvalue weighted by atomic mass is 10.0. The van der Waals surface area contributed by atoms with Crippen molar-refractivity contribution in [3.8, 4) is 11.3 Å². The molecule has 3 atom stereocenters. The number of thioether (sulfide) groups is 1. The molecule has 3 saturated heterocycles. The summed E-state index contributed by atoms with van der Waals surface area (Å²) in [7, 11) is 2.16. The smallest absolute Gasteiger partial charge is 0.315 e. The number of amides is 3. The Balaban J connectivity index is 0.000000250. The summed E-state index contributed by atoms with van der Waals surface area (Å²) in [6, 6.07) is 19.8. The number of aromatic nitrogens is 3. The van der Waals surface area contributed by atoms with Crippen LogP contribution in [0, 0.1) is 6.92 Å². The van der Waals surface area contributed by atoms with E-state index < -0.39 is 5.97 Å². The van der Waals surface area contributed by atoms with Crippen LogP contribution in [-0.2, 0) is 11.3 Å². The van der Waals surface area contributed by atoms with Crippen molar-refractivity contribution in [2.45, 2.75) is 56.5 Å². The third-order valence-corrected chi connectivity index (χ3v) is 11.1. The van der Waals surface area contributed by atoms with Crippen molar-refractivity contribution in [3.05, 3.63) is 95.9 Å². The minimum absolute atomic E-state index is 0.0640. The van der Waals surface area contributed by atoms with Crippen LogP contribution in [0.25, 0.3) is 11.3 Å². The molecule has 2 aromatic carbocycles. The summed E-state index contributed by atoms with van der Waals surface area (Å²) in [5, 5.41) is 21.1. The van der Waals surface area contributed by atoms with Crippen molar-refractivity contribution in [1.82, 2.24) is 35.4 Å². The Hall–Kier alpha value is -5.05. The Kier molecular flexibility index (Phi) is 12.9. The summed E-state index contributed by atoms with van der Waals surface area (Å²) in [5.41, 5.74) is 6.08. The highest BCUT2D eigenvalue weighted by Gasteiger charge is 2.42. The van der Waals surface area contributed by atoms with Crippen LogP contribution in [0.5, 0.6) is 0 Å². The van der Waals surface area contributed by atoms with Crippen LogP contribution in [0.3, 0.4) is 0 Å². The van der Waals surface area contributed by atoms with Crippen LogP contribution in [0.4, 0.5) is 22.1 Å². The molecule has 5 heterocycles. The number of piperazine rings is 1. The van der Waals surface area contributed by atoms with Crippen molar-refractivity contribution in [3.63, 3.8) is 0 Å². The summed E-state index contributed by atoms with van der Waals surface area (Å²) < 4.78 is 0. The molecule has 0 spiro atoms. The van der Waals surface area contributed by atoms with Gasteiger partial charge in [0.2, 0.25) is 5.95 Å². The molecule has 3 fully saturated rings. The number of aliphatic carboxylic acids is 1. The fourth-order valence-electron chi connectivity index (χ4n) is 6.54. The van der Waals surface area contributed by atoms with Crippen LogP contribution < -0.4 is 21.3 Å². The lowest BCUT2D eigenvalue weighted by Crippen LogP contribution is -2.43. The largest absolute Gasteiger partial charge is 0.481 e. The molecule has 0 bridgehead atoms. The van der Waals surface area contributed by atoms with E-state index in [0.29, 0.717) is 22.4 Å². The van der Waals surface area contributed by atoms with Gasteiger partial charge in [-0.15, -0.1) is 0 Å². The van der Waals surface area contributed by atoms with Gasteiger partial charge in [0.25, 0.3) is 5.91 Å². The van der Waals surface area contributed by atoms with E-state index in [0.717, 1.165) is 80.2 Å². The Bertz CT molecular complexity index is 1860. The zero-order valence-corrected chi connectivity index (χ0v) is 30.9. The average Bonchev–Trinajstić information content (AvgIpc) is 3.72. The van der Waals surface area contributed by atoms with Gasteiger partial charge in [-0.3, -0.25) is 19.5 Å². The van der Waals surface area contributed by atoms with E-state index in [9.17, 15) is 14.4 Å². The molecular weight excluding hydrogens is 691 g/mol. The van der Waals surface area contributed by atoms with Crippen molar-refractivity contribution >= 4 is 47.0 Å². The number of carboxylic acids is 1. The number of hydrogen-bond acceptors (Lipinski definition) is 10. The highest BCUT2D eigenvalue weighted by atomic mass is 32.2. The van der Waals surface area contributed by atoms with Crippen LogP contribution in [0.2, 0.25) is 0 Å². The third-order valence-electron chi connectivity index (χ3n) is 9.64. The van der Waals surface area contributed by atoms with Crippen molar-refractivity contribution in [2.75, 3.05) is 49.6 Å². The predicted octanol–water partition coefficient (Wildman–Crippen LogP) is 5.39. The molecule has 53 heavy (non-hydrogen) atoms. The number of urea groups is 1. The van der Waals surface area contributed by atoms with Crippen LogP contribution in [0.15, 0.2) is 79.3 Å². The summed E-state index contributed by atoms with van der Waals surface area (Å²) in [4.78, 5) is 52.3. The van der Waals surface area contributed by atoms with Gasteiger partial charge >= 0.3 is 12.0 Å². The number of anilines is 3. The highest BCUT2D eigenvalue weighted by molar-refractivity contribution is 8.00. The highest BCUT2D eigenvalue weighted by Crippen LogP contribution is 2.33. The first kappa shape index (κ1) is 37.7. The number of nitrogens with zero attached hydrogens (tertiary/aromatic N) is 5. The van der Waals surface area contributed by atoms with Crippen molar-refractivity contribution < 1.29 is 19.5 Å². The first-order valence-corrected chi connectivity index (χ1v) is 19.1. The van der Waals surface area contributed by atoms with Gasteiger partial charge < -0.3 is 31.3 Å². The molecule has 0 aliphatic carbocycles. The number of carbonyl (C=O) groups excluding carboxylic acids is 2. The Labute approximate surface area is 314 Å². The van der Waals surface area contributed by atoms with Crippen LogP contribution >= 0.6 is 11.8 Å². The van der Waals surface area contributed by atoms with Crippen molar-refractivity contribution in [1.29, 1.82) is 0 Å². The summed E-state index contributed by atoms with van der Waals surface area (Å²) >= 11 is 1.87. The number of fused-ring (bicyclic) bond motifs is 1. The maximum atomic E-state index is 12.9. The molecular formula is C39H47N9O4S. The summed E-state index contributed by atoms with van der Waals surface area (Å²) in [6.45, 7) is 7.24. The third kappa shape index (κ3) is 10.7. The second kappa shape index (κ2) is 18.1. The van der Waals surface area contributed by atoms with Gasteiger partial charge in [-0.1, -0.05) is 24.6 Å². The molecule has 0 radical (unpaired) electrons. The normalized spacial score (nSPS) is 19.7. The molecule has 3 aliphatic heterocycles. The number of aryl methyl sites for hydroxylation is 1. The van der Waals surface area contributed by atoms with Gasteiger partial charge in [-0.05, 0) is 80.4 Å². The maximum Gasteiger partial charge on any atom is 0.315 e. The molecule has 4 aromatic rings. The molecule has 5 N–H and O–H groups in total. The van der Waals surface area contributed by atoms with E-state index in [-0.39, 0.29) is 30.4 Å². The summed E-state index contributed by atoms with van der Waals surface area (Å²) in [5.74, 6) is 0.569. The molecule has 3 aliphatic rings. The average molecular weight is 738 g/mol. The minimum Gasteiger partial charge on any atom is -0.481 e. The second-order valence-corrected chi connectivity index (χ2v) is 14.9. The molecule has 13 nitrogen and oxygen atoms in total. The number of unbranched alkanes of at least 4 members (excludes halogenated alkanes) is 1. The van der Waals surface area contributed by atoms with Gasteiger partial charge in [-0.2, -0.15) is 11.8 Å².